The average Bonchev–Trinajstić information content (AvgIpc) is 2.87. The van der Waals surface area contributed by atoms with Crippen molar-refractivity contribution in [1.29, 1.82) is 0 Å². The standard InChI is InChI=1S/C12H19N3O4S/c1-2-3-4-10-14-11(19-15-10)7-20-6-5-9(12(17)18)13-8-16/h8-9H,2-7H2,1H3,(H,13,16)(H,17,18). The molecule has 112 valence electrons. The maximum Gasteiger partial charge on any atom is 0.326 e. The van der Waals surface area contributed by atoms with Gasteiger partial charge < -0.3 is 14.9 Å². The van der Waals surface area contributed by atoms with Crippen LogP contribution < -0.4 is 5.32 Å². The summed E-state index contributed by atoms with van der Waals surface area (Å²) in [5.74, 6) is 1.37. The fraction of sp³-hybridized carbons (Fsp3) is 0.667. The summed E-state index contributed by atoms with van der Waals surface area (Å²) >= 11 is 1.50. The summed E-state index contributed by atoms with van der Waals surface area (Å²) in [5.41, 5.74) is 0. The first kappa shape index (κ1) is 16.5. The van der Waals surface area contributed by atoms with Gasteiger partial charge in [-0.05, 0) is 18.6 Å². The van der Waals surface area contributed by atoms with Crippen LogP contribution in [0.5, 0.6) is 0 Å². The van der Waals surface area contributed by atoms with E-state index in [4.69, 9.17) is 9.63 Å². The van der Waals surface area contributed by atoms with E-state index < -0.39 is 12.0 Å². The topological polar surface area (TPSA) is 105 Å². The normalized spacial score (nSPS) is 12.1. The summed E-state index contributed by atoms with van der Waals surface area (Å²) in [6, 6.07) is -0.845. The number of hydrogen-bond acceptors (Lipinski definition) is 6. The molecule has 1 aromatic rings. The van der Waals surface area contributed by atoms with E-state index >= 15 is 0 Å². The van der Waals surface area contributed by atoms with Crippen molar-refractivity contribution in [2.75, 3.05) is 5.75 Å². The lowest BCUT2D eigenvalue weighted by molar-refractivity contribution is -0.140. The Morgan fingerprint density at radius 3 is 3.05 bits per heavy atom. The highest BCUT2D eigenvalue weighted by Gasteiger charge is 2.15. The Kier molecular flexibility index (Phi) is 7.71. The van der Waals surface area contributed by atoms with Crippen molar-refractivity contribution in [2.45, 2.75) is 44.4 Å². The number of aromatic nitrogens is 2. The molecule has 0 saturated heterocycles. The maximum atomic E-state index is 10.8. The fourth-order valence-electron chi connectivity index (χ4n) is 1.51. The van der Waals surface area contributed by atoms with Crippen molar-refractivity contribution >= 4 is 24.1 Å². The van der Waals surface area contributed by atoms with E-state index in [0.717, 1.165) is 19.3 Å². The Balaban J connectivity index is 2.24. The van der Waals surface area contributed by atoms with E-state index in [9.17, 15) is 9.59 Å². The molecule has 0 aliphatic carbocycles. The van der Waals surface area contributed by atoms with Crippen LogP contribution in [0, 0.1) is 0 Å². The first-order valence-corrected chi connectivity index (χ1v) is 7.64. The van der Waals surface area contributed by atoms with Crippen LogP contribution in [0.2, 0.25) is 0 Å². The summed E-state index contributed by atoms with van der Waals surface area (Å²) in [6.45, 7) is 2.10. The van der Waals surface area contributed by atoms with E-state index in [1.165, 1.54) is 11.8 Å². The summed E-state index contributed by atoms with van der Waals surface area (Å²) < 4.78 is 5.09. The van der Waals surface area contributed by atoms with Gasteiger partial charge in [0.15, 0.2) is 5.82 Å². The van der Waals surface area contributed by atoms with E-state index in [1.54, 1.807) is 0 Å². The van der Waals surface area contributed by atoms with Crippen LogP contribution in [0.4, 0.5) is 0 Å². The molecule has 1 aromatic heterocycles. The Hall–Kier alpha value is -1.57. The lowest BCUT2D eigenvalue weighted by Gasteiger charge is -2.09. The average molecular weight is 301 g/mol. The Morgan fingerprint density at radius 2 is 2.40 bits per heavy atom. The number of nitrogens with one attached hydrogen (secondary N) is 1. The zero-order chi connectivity index (χ0) is 14.8. The minimum atomic E-state index is -1.03. The number of carbonyl (C=O) groups is 2. The molecule has 1 atom stereocenters. The zero-order valence-electron chi connectivity index (χ0n) is 11.4. The lowest BCUT2D eigenvalue weighted by atomic mass is 10.2. The molecule has 8 heteroatoms. The number of carboxylic acids is 1. The van der Waals surface area contributed by atoms with Gasteiger partial charge >= 0.3 is 5.97 Å². The van der Waals surface area contributed by atoms with E-state index in [2.05, 4.69) is 22.4 Å². The number of nitrogens with zero attached hydrogens (tertiary/aromatic N) is 2. The number of rotatable bonds is 11. The zero-order valence-corrected chi connectivity index (χ0v) is 12.2. The predicted molar refractivity (Wildman–Crippen MR) is 74.3 cm³/mol. The van der Waals surface area contributed by atoms with Crippen LogP contribution in [0.25, 0.3) is 0 Å². The van der Waals surface area contributed by atoms with Gasteiger partial charge in [-0.25, -0.2) is 4.79 Å². The molecule has 1 heterocycles. The van der Waals surface area contributed by atoms with Gasteiger partial charge in [0.05, 0.1) is 5.75 Å². The third-order valence-electron chi connectivity index (χ3n) is 2.61. The number of amides is 1. The van der Waals surface area contributed by atoms with Crippen LogP contribution >= 0.6 is 11.8 Å². The maximum absolute atomic E-state index is 10.8. The third-order valence-corrected chi connectivity index (χ3v) is 3.58. The minimum absolute atomic E-state index is 0.357. The smallest absolute Gasteiger partial charge is 0.326 e. The van der Waals surface area contributed by atoms with Gasteiger partial charge in [-0.2, -0.15) is 16.7 Å². The molecule has 1 rings (SSSR count). The Labute approximate surface area is 121 Å². The number of aryl methyl sites for hydroxylation is 1. The first-order valence-electron chi connectivity index (χ1n) is 6.49. The van der Waals surface area contributed by atoms with Gasteiger partial charge in [0.2, 0.25) is 12.3 Å². The molecule has 7 nitrogen and oxygen atoms in total. The van der Waals surface area contributed by atoms with Crippen molar-refractivity contribution < 1.29 is 19.2 Å². The molecule has 0 aliphatic rings. The monoisotopic (exact) mass is 301 g/mol. The summed E-state index contributed by atoms with van der Waals surface area (Å²) in [7, 11) is 0. The molecule has 1 amide bonds. The van der Waals surface area contributed by atoms with Crippen LogP contribution in [0.3, 0.4) is 0 Å². The van der Waals surface area contributed by atoms with Crippen LogP contribution in [0.1, 0.15) is 37.9 Å². The highest BCUT2D eigenvalue weighted by molar-refractivity contribution is 7.98. The van der Waals surface area contributed by atoms with Crippen LogP contribution in [0.15, 0.2) is 4.52 Å². The second-order valence-corrected chi connectivity index (χ2v) is 5.33. The SMILES string of the molecule is CCCCc1noc(CSCCC(NC=O)C(=O)O)n1. The molecule has 1 unspecified atom stereocenters. The van der Waals surface area contributed by atoms with E-state index in [1.807, 2.05) is 0 Å². The van der Waals surface area contributed by atoms with Crippen molar-refractivity contribution in [3.8, 4) is 0 Å². The summed E-state index contributed by atoms with van der Waals surface area (Å²) in [4.78, 5) is 25.3. The van der Waals surface area contributed by atoms with Gasteiger partial charge in [-0.1, -0.05) is 18.5 Å². The van der Waals surface area contributed by atoms with Gasteiger partial charge in [-0.3, -0.25) is 4.79 Å². The number of carbonyl (C=O) groups excluding carboxylic acids is 1. The number of unbranched alkanes of at least 4 members (excludes halogenated alkanes) is 1. The summed E-state index contributed by atoms with van der Waals surface area (Å²) in [6.07, 6.45) is 3.69. The molecule has 0 bridgehead atoms. The molecule has 0 aliphatic heterocycles. The predicted octanol–water partition coefficient (Wildman–Crippen LogP) is 1.23. The molecule has 0 spiro atoms. The van der Waals surface area contributed by atoms with Gasteiger partial charge in [0.25, 0.3) is 0 Å². The highest BCUT2D eigenvalue weighted by Crippen LogP contribution is 2.13. The number of carboxylic acid groups (broad SMARTS) is 1. The summed E-state index contributed by atoms with van der Waals surface area (Å²) in [5, 5.41) is 15.0. The fourth-order valence-corrected chi connectivity index (χ4v) is 2.34. The third kappa shape index (κ3) is 6.05. The Bertz CT molecular complexity index is 425. The molecule has 0 radical (unpaired) electrons. The molecular weight excluding hydrogens is 282 g/mol. The number of aliphatic carboxylic acids is 1. The van der Waals surface area contributed by atoms with Gasteiger partial charge in [0, 0.05) is 6.42 Å². The molecular formula is C12H19N3O4S. The molecule has 0 saturated carbocycles. The molecule has 2 N–H and O–H groups in total. The molecule has 0 fully saturated rings. The van der Waals surface area contributed by atoms with Crippen LogP contribution in [-0.2, 0) is 21.8 Å². The van der Waals surface area contributed by atoms with Gasteiger partial charge in [-0.15, -0.1) is 0 Å². The quantitative estimate of drug-likeness (QED) is 0.468. The van der Waals surface area contributed by atoms with Gasteiger partial charge in [0.1, 0.15) is 6.04 Å². The number of hydrogen-bond donors (Lipinski definition) is 2. The van der Waals surface area contributed by atoms with Crippen molar-refractivity contribution in [2.24, 2.45) is 0 Å². The minimum Gasteiger partial charge on any atom is -0.480 e. The van der Waals surface area contributed by atoms with Crippen LogP contribution in [-0.4, -0.2) is 39.4 Å². The number of thioether (sulfide) groups is 1. The second-order valence-electron chi connectivity index (χ2n) is 4.22. The van der Waals surface area contributed by atoms with E-state index in [-0.39, 0.29) is 0 Å². The molecule has 0 aromatic carbocycles. The second kappa shape index (κ2) is 9.35. The van der Waals surface area contributed by atoms with Crippen molar-refractivity contribution in [3.05, 3.63) is 11.7 Å². The van der Waals surface area contributed by atoms with Crippen molar-refractivity contribution in [3.63, 3.8) is 0 Å². The highest BCUT2D eigenvalue weighted by atomic mass is 32.2. The molecule has 20 heavy (non-hydrogen) atoms. The Morgan fingerprint density at radius 1 is 1.60 bits per heavy atom. The van der Waals surface area contributed by atoms with Crippen molar-refractivity contribution in [1.82, 2.24) is 15.5 Å². The lowest BCUT2D eigenvalue weighted by Crippen LogP contribution is -2.36. The van der Waals surface area contributed by atoms with E-state index in [0.29, 0.717) is 36.1 Å². The first-order chi connectivity index (χ1) is 9.67. The largest absolute Gasteiger partial charge is 0.480 e.